The largest absolute Gasteiger partial charge is 0.465 e. The SMILES string of the molecule is CC1[C@@H](C(C)(C)C)N(c2ccc(N)cc2CO)CCN1C(=O)O. The fraction of sp³-hybridized carbons (Fsp3) is 0.588. The van der Waals surface area contributed by atoms with Crippen molar-refractivity contribution in [2.75, 3.05) is 23.7 Å². The molecule has 6 nitrogen and oxygen atoms in total. The first-order valence-corrected chi connectivity index (χ1v) is 7.92. The third kappa shape index (κ3) is 3.37. The molecule has 1 amide bonds. The summed E-state index contributed by atoms with van der Waals surface area (Å²) in [7, 11) is 0. The monoisotopic (exact) mass is 321 g/mol. The molecule has 1 heterocycles. The number of aliphatic hydroxyl groups is 1. The van der Waals surface area contributed by atoms with Gasteiger partial charge in [-0.15, -0.1) is 0 Å². The zero-order valence-corrected chi connectivity index (χ0v) is 14.3. The summed E-state index contributed by atoms with van der Waals surface area (Å²) in [5.74, 6) is 0. The molecule has 2 atom stereocenters. The molecular formula is C17H27N3O3. The van der Waals surface area contributed by atoms with E-state index < -0.39 is 6.09 Å². The molecule has 0 aromatic heterocycles. The first kappa shape index (κ1) is 17.4. The van der Waals surface area contributed by atoms with Crippen LogP contribution in [0, 0.1) is 5.41 Å². The van der Waals surface area contributed by atoms with E-state index in [1.165, 1.54) is 4.90 Å². The summed E-state index contributed by atoms with van der Waals surface area (Å²) < 4.78 is 0. The van der Waals surface area contributed by atoms with Crippen LogP contribution < -0.4 is 10.6 Å². The molecule has 0 saturated carbocycles. The van der Waals surface area contributed by atoms with E-state index in [0.717, 1.165) is 11.3 Å². The van der Waals surface area contributed by atoms with Crippen molar-refractivity contribution in [2.45, 2.75) is 46.4 Å². The van der Waals surface area contributed by atoms with Crippen LogP contribution in [-0.2, 0) is 6.61 Å². The number of nitrogens with two attached hydrogens (primary N) is 1. The van der Waals surface area contributed by atoms with Gasteiger partial charge < -0.3 is 25.7 Å². The van der Waals surface area contributed by atoms with Crippen molar-refractivity contribution in [1.29, 1.82) is 0 Å². The van der Waals surface area contributed by atoms with Gasteiger partial charge in [0.15, 0.2) is 0 Å². The zero-order chi connectivity index (χ0) is 17.4. The number of piperazine rings is 1. The molecule has 1 aromatic carbocycles. The van der Waals surface area contributed by atoms with Crippen molar-refractivity contribution in [2.24, 2.45) is 5.41 Å². The highest BCUT2D eigenvalue weighted by Crippen LogP contribution is 2.37. The number of benzene rings is 1. The van der Waals surface area contributed by atoms with Crippen LogP contribution in [0.2, 0.25) is 0 Å². The molecule has 2 rings (SSSR count). The highest BCUT2D eigenvalue weighted by atomic mass is 16.4. The zero-order valence-electron chi connectivity index (χ0n) is 14.3. The first-order valence-electron chi connectivity index (χ1n) is 7.92. The van der Waals surface area contributed by atoms with Crippen molar-refractivity contribution >= 4 is 17.5 Å². The highest BCUT2D eigenvalue weighted by Gasteiger charge is 2.43. The quantitative estimate of drug-likeness (QED) is 0.728. The van der Waals surface area contributed by atoms with Gasteiger partial charge in [0.05, 0.1) is 18.7 Å². The predicted octanol–water partition coefficient (Wildman–Crippen LogP) is 2.36. The Bertz CT molecular complexity index is 583. The normalized spacial score (nSPS) is 22.3. The molecule has 0 spiro atoms. The molecular weight excluding hydrogens is 294 g/mol. The van der Waals surface area contributed by atoms with Crippen LogP contribution in [-0.4, -0.2) is 46.4 Å². The Morgan fingerprint density at radius 2 is 2.00 bits per heavy atom. The Morgan fingerprint density at radius 3 is 2.52 bits per heavy atom. The Balaban J connectivity index is 2.47. The number of rotatable bonds is 2. The van der Waals surface area contributed by atoms with Crippen LogP contribution in [0.1, 0.15) is 33.3 Å². The number of carbonyl (C=O) groups is 1. The summed E-state index contributed by atoms with van der Waals surface area (Å²) in [6, 6.07) is 5.38. The summed E-state index contributed by atoms with van der Waals surface area (Å²) in [5.41, 5.74) is 8.02. The lowest BCUT2D eigenvalue weighted by atomic mass is 9.79. The van der Waals surface area contributed by atoms with Gasteiger partial charge in [0.1, 0.15) is 0 Å². The number of hydrogen-bond acceptors (Lipinski definition) is 4. The minimum absolute atomic E-state index is 0.00118. The average molecular weight is 321 g/mol. The number of carboxylic acid groups (broad SMARTS) is 1. The number of nitrogen functional groups attached to an aromatic ring is 1. The van der Waals surface area contributed by atoms with Crippen molar-refractivity contribution in [1.82, 2.24) is 4.90 Å². The second-order valence-corrected chi connectivity index (χ2v) is 7.27. The summed E-state index contributed by atoms with van der Waals surface area (Å²) in [6.45, 7) is 9.23. The van der Waals surface area contributed by atoms with E-state index in [0.29, 0.717) is 18.8 Å². The lowest BCUT2D eigenvalue weighted by Gasteiger charge is -2.52. The molecule has 1 aliphatic heterocycles. The maximum absolute atomic E-state index is 11.5. The van der Waals surface area contributed by atoms with Crippen LogP contribution in [0.5, 0.6) is 0 Å². The van der Waals surface area contributed by atoms with Gasteiger partial charge in [-0.3, -0.25) is 0 Å². The summed E-state index contributed by atoms with van der Waals surface area (Å²) >= 11 is 0. The second kappa shape index (κ2) is 6.28. The van der Waals surface area contributed by atoms with Crippen LogP contribution in [0.3, 0.4) is 0 Å². The standard InChI is InChI=1S/C17H27N3O3/c1-11-15(17(2,3)4)20(8-7-19(11)16(22)23)14-6-5-13(18)9-12(14)10-21/h5-6,9,11,15,21H,7-8,10,18H2,1-4H3,(H,22,23)/t11?,15-/m0/s1. The lowest BCUT2D eigenvalue weighted by molar-refractivity contribution is 0.0841. The molecule has 1 unspecified atom stereocenters. The van der Waals surface area contributed by atoms with E-state index in [1.54, 1.807) is 6.07 Å². The summed E-state index contributed by atoms with van der Waals surface area (Å²) in [5, 5.41) is 19.1. The van der Waals surface area contributed by atoms with Gasteiger partial charge in [-0.2, -0.15) is 0 Å². The Hall–Kier alpha value is -1.95. The third-order valence-corrected chi connectivity index (χ3v) is 4.58. The highest BCUT2D eigenvalue weighted by molar-refractivity contribution is 5.67. The van der Waals surface area contributed by atoms with Gasteiger partial charge in [0.25, 0.3) is 0 Å². The summed E-state index contributed by atoms with van der Waals surface area (Å²) in [6.07, 6.45) is -0.883. The molecule has 4 N–H and O–H groups in total. The molecule has 1 aromatic rings. The molecule has 1 fully saturated rings. The summed E-state index contributed by atoms with van der Waals surface area (Å²) in [4.78, 5) is 15.2. The number of nitrogens with zero attached hydrogens (tertiary/aromatic N) is 2. The van der Waals surface area contributed by atoms with E-state index in [9.17, 15) is 15.0 Å². The molecule has 0 aliphatic carbocycles. The van der Waals surface area contributed by atoms with E-state index in [2.05, 4.69) is 25.7 Å². The minimum atomic E-state index is -0.883. The fourth-order valence-corrected chi connectivity index (χ4v) is 3.73. The molecule has 1 aliphatic rings. The van der Waals surface area contributed by atoms with Crippen molar-refractivity contribution in [3.8, 4) is 0 Å². The van der Waals surface area contributed by atoms with E-state index >= 15 is 0 Å². The maximum Gasteiger partial charge on any atom is 0.407 e. The van der Waals surface area contributed by atoms with E-state index in [-0.39, 0.29) is 24.1 Å². The third-order valence-electron chi connectivity index (χ3n) is 4.58. The van der Waals surface area contributed by atoms with Gasteiger partial charge in [-0.1, -0.05) is 20.8 Å². The molecule has 23 heavy (non-hydrogen) atoms. The van der Waals surface area contributed by atoms with Crippen molar-refractivity contribution in [3.05, 3.63) is 23.8 Å². The molecule has 0 bridgehead atoms. The first-order chi connectivity index (χ1) is 10.7. The van der Waals surface area contributed by atoms with Gasteiger partial charge >= 0.3 is 6.09 Å². The smallest absolute Gasteiger partial charge is 0.407 e. The molecule has 0 radical (unpaired) electrons. The van der Waals surface area contributed by atoms with Gasteiger partial charge in [0.2, 0.25) is 0 Å². The Kier molecular flexibility index (Phi) is 4.75. The Labute approximate surface area is 137 Å². The van der Waals surface area contributed by atoms with Gasteiger partial charge in [0, 0.05) is 30.0 Å². The van der Waals surface area contributed by atoms with Gasteiger partial charge in [-0.25, -0.2) is 4.79 Å². The van der Waals surface area contributed by atoms with Crippen LogP contribution in [0.25, 0.3) is 0 Å². The Morgan fingerprint density at radius 1 is 1.35 bits per heavy atom. The molecule has 1 saturated heterocycles. The fourth-order valence-electron chi connectivity index (χ4n) is 3.73. The molecule has 128 valence electrons. The average Bonchev–Trinajstić information content (AvgIpc) is 2.44. The van der Waals surface area contributed by atoms with Gasteiger partial charge in [-0.05, 0) is 30.5 Å². The predicted molar refractivity (Wildman–Crippen MR) is 91.6 cm³/mol. The van der Waals surface area contributed by atoms with Crippen molar-refractivity contribution in [3.63, 3.8) is 0 Å². The van der Waals surface area contributed by atoms with E-state index in [4.69, 9.17) is 5.73 Å². The minimum Gasteiger partial charge on any atom is -0.465 e. The second-order valence-electron chi connectivity index (χ2n) is 7.27. The van der Waals surface area contributed by atoms with E-state index in [1.807, 2.05) is 19.1 Å². The lowest BCUT2D eigenvalue weighted by Crippen LogP contribution is -2.64. The topological polar surface area (TPSA) is 90.0 Å². The number of aliphatic hydroxyl groups excluding tert-OH is 1. The maximum atomic E-state index is 11.5. The molecule has 6 heteroatoms. The number of anilines is 2. The number of hydrogen-bond donors (Lipinski definition) is 3. The van der Waals surface area contributed by atoms with Crippen LogP contribution in [0.15, 0.2) is 18.2 Å². The van der Waals surface area contributed by atoms with Crippen LogP contribution >= 0.6 is 0 Å². The number of amides is 1. The van der Waals surface area contributed by atoms with Crippen molar-refractivity contribution < 1.29 is 15.0 Å². The van der Waals surface area contributed by atoms with Crippen LogP contribution in [0.4, 0.5) is 16.2 Å².